The second kappa shape index (κ2) is 6.21. The van der Waals surface area contributed by atoms with E-state index < -0.39 is 10.0 Å². The third-order valence-electron chi connectivity index (χ3n) is 3.03. The fourth-order valence-electron chi connectivity index (χ4n) is 1.86. The van der Waals surface area contributed by atoms with Crippen LogP contribution in [0.5, 0.6) is 0 Å². The molecule has 0 unspecified atom stereocenters. The van der Waals surface area contributed by atoms with Crippen molar-refractivity contribution < 1.29 is 25.7 Å². The molecule has 0 amide bonds. The van der Waals surface area contributed by atoms with Gasteiger partial charge in [0.05, 0.1) is 38.1 Å². The number of hydrogen-bond donors (Lipinski definition) is 1. The van der Waals surface area contributed by atoms with Crippen LogP contribution in [0, 0.1) is 0 Å². The Labute approximate surface area is 119 Å². The summed E-state index contributed by atoms with van der Waals surface area (Å²) >= 11 is 5.75. The Morgan fingerprint density at radius 3 is 2.17 bits per heavy atom. The van der Waals surface area contributed by atoms with Crippen molar-refractivity contribution in [3.05, 3.63) is 29.3 Å². The minimum Gasteiger partial charge on any atom is -1.00 e. The Balaban J connectivity index is 0.00000162. The van der Waals surface area contributed by atoms with E-state index in [1.54, 1.807) is 28.6 Å². The van der Waals surface area contributed by atoms with Gasteiger partial charge in [-0.05, 0) is 24.3 Å². The number of benzene rings is 1. The van der Waals surface area contributed by atoms with Crippen molar-refractivity contribution in [2.24, 2.45) is 0 Å². The molecule has 1 aliphatic rings. The highest BCUT2D eigenvalue weighted by molar-refractivity contribution is 7.89. The van der Waals surface area contributed by atoms with Crippen molar-refractivity contribution in [2.45, 2.75) is 4.90 Å². The molecular weight excluding hydrogens is 295 g/mol. The van der Waals surface area contributed by atoms with Crippen molar-refractivity contribution in [2.75, 3.05) is 33.2 Å². The molecule has 7 heteroatoms. The highest BCUT2D eigenvalue weighted by Crippen LogP contribution is 2.18. The van der Waals surface area contributed by atoms with Crippen LogP contribution in [-0.2, 0) is 10.0 Å². The smallest absolute Gasteiger partial charge is 0.243 e. The van der Waals surface area contributed by atoms with Gasteiger partial charge in [0.2, 0.25) is 10.0 Å². The van der Waals surface area contributed by atoms with E-state index in [0.717, 1.165) is 13.1 Å². The summed E-state index contributed by atoms with van der Waals surface area (Å²) in [5.74, 6) is 0. The summed E-state index contributed by atoms with van der Waals surface area (Å²) in [6, 6.07) is 6.33. The lowest BCUT2D eigenvalue weighted by atomic mass is 10.4. The standard InChI is InChI=1S/C11H15ClN2O2S.ClH/c1-13-6-8-14(9-7-13)17(15,16)11-4-2-10(12)3-5-11;/h2-5H,6-9H2,1H3;1H. The van der Waals surface area contributed by atoms with Crippen molar-refractivity contribution in [1.82, 2.24) is 4.31 Å². The van der Waals surface area contributed by atoms with E-state index in [-0.39, 0.29) is 12.4 Å². The van der Waals surface area contributed by atoms with Crippen molar-refractivity contribution in [3.63, 3.8) is 0 Å². The van der Waals surface area contributed by atoms with Gasteiger partial charge in [-0.15, -0.1) is 0 Å². The van der Waals surface area contributed by atoms with Crippen LogP contribution in [-0.4, -0.2) is 45.9 Å². The number of quaternary nitrogens is 1. The van der Waals surface area contributed by atoms with Crippen LogP contribution < -0.4 is 17.3 Å². The first kappa shape index (κ1) is 15.7. The number of piperazine rings is 1. The van der Waals surface area contributed by atoms with Gasteiger partial charge in [0.25, 0.3) is 0 Å². The molecule has 1 aliphatic heterocycles. The first-order chi connectivity index (χ1) is 8.00. The first-order valence-corrected chi connectivity index (χ1v) is 7.39. The molecule has 1 heterocycles. The van der Waals surface area contributed by atoms with Gasteiger partial charge in [-0.2, -0.15) is 4.31 Å². The van der Waals surface area contributed by atoms with Gasteiger partial charge in [0.1, 0.15) is 0 Å². The van der Waals surface area contributed by atoms with Crippen LogP contribution in [0.2, 0.25) is 5.02 Å². The highest BCUT2D eigenvalue weighted by Gasteiger charge is 2.28. The summed E-state index contributed by atoms with van der Waals surface area (Å²) in [6.07, 6.45) is 0. The molecule has 0 spiro atoms. The van der Waals surface area contributed by atoms with Crippen LogP contribution in [0.25, 0.3) is 0 Å². The number of nitrogens with one attached hydrogen (secondary N) is 1. The zero-order valence-corrected chi connectivity index (χ0v) is 12.4. The maximum absolute atomic E-state index is 12.3. The average molecular weight is 311 g/mol. The predicted molar refractivity (Wildman–Crippen MR) is 66.8 cm³/mol. The largest absolute Gasteiger partial charge is 1.00 e. The lowest BCUT2D eigenvalue weighted by Crippen LogP contribution is -3.12. The van der Waals surface area contributed by atoms with Crippen LogP contribution in [0.4, 0.5) is 0 Å². The second-order valence-corrected chi connectivity index (χ2v) is 6.69. The highest BCUT2D eigenvalue weighted by atomic mass is 35.5. The van der Waals surface area contributed by atoms with Crippen LogP contribution in [0.3, 0.4) is 0 Å². The molecule has 1 fully saturated rings. The van der Waals surface area contributed by atoms with Crippen LogP contribution in [0.15, 0.2) is 29.2 Å². The van der Waals surface area contributed by atoms with E-state index in [0.29, 0.717) is 23.0 Å². The predicted octanol–water partition coefficient (Wildman–Crippen LogP) is -3.14. The topological polar surface area (TPSA) is 41.8 Å². The van der Waals surface area contributed by atoms with Gasteiger partial charge < -0.3 is 17.3 Å². The second-order valence-electron chi connectivity index (χ2n) is 4.32. The van der Waals surface area contributed by atoms with E-state index in [2.05, 4.69) is 7.05 Å². The normalized spacial score (nSPS) is 18.3. The van der Waals surface area contributed by atoms with Gasteiger partial charge in [-0.3, -0.25) is 0 Å². The minimum absolute atomic E-state index is 0. The Hall–Kier alpha value is -0.330. The molecule has 0 aliphatic carbocycles. The first-order valence-electron chi connectivity index (χ1n) is 5.57. The number of halogens is 2. The number of hydrogen-bond acceptors (Lipinski definition) is 2. The Morgan fingerprint density at radius 1 is 1.17 bits per heavy atom. The molecule has 1 aromatic rings. The number of sulfonamides is 1. The molecule has 18 heavy (non-hydrogen) atoms. The summed E-state index contributed by atoms with van der Waals surface area (Å²) in [5.41, 5.74) is 0. The molecule has 2 rings (SSSR count). The number of likely N-dealkylation sites (N-methyl/N-ethyl adjacent to an activating group) is 1. The summed E-state index contributed by atoms with van der Waals surface area (Å²) in [5, 5.41) is 0.548. The van der Waals surface area contributed by atoms with Crippen molar-refractivity contribution in [3.8, 4) is 0 Å². The van der Waals surface area contributed by atoms with E-state index >= 15 is 0 Å². The molecule has 0 radical (unpaired) electrons. The fourth-order valence-corrected chi connectivity index (χ4v) is 3.43. The molecular formula is C11H16Cl2N2O2S. The molecule has 4 nitrogen and oxygen atoms in total. The molecule has 0 bridgehead atoms. The van der Waals surface area contributed by atoms with E-state index in [1.165, 1.54) is 4.90 Å². The third-order valence-corrected chi connectivity index (χ3v) is 5.19. The molecule has 1 aromatic carbocycles. The Morgan fingerprint density at radius 2 is 1.67 bits per heavy atom. The van der Waals surface area contributed by atoms with Gasteiger partial charge >= 0.3 is 0 Å². The van der Waals surface area contributed by atoms with Crippen molar-refractivity contribution in [1.29, 1.82) is 0 Å². The van der Waals surface area contributed by atoms with E-state index in [9.17, 15) is 8.42 Å². The van der Waals surface area contributed by atoms with Gasteiger partial charge in [0.15, 0.2) is 0 Å². The van der Waals surface area contributed by atoms with Gasteiger partial charge in [0, 0.05) is 5.02 Å². The zero-order chi connectivity index (χ0) is 12.5. The van der Waals surface area contributed by atoms with Crippen molar-refractivity contribution >= 4 is 21.6 Å². The van der Waals surface area contributed by atoms with E-state index in [1.807, 2.05) is 0 Å². The SMILES string of the molecule is C[NH+]1CCN(S(=O)(=O)c2ccc(Cl)cc2)CC1.[Cl-]. The summed E-state index contributed by atoms with van der Waals surface area (Å²) in [4.78, 5) is 1.69. The summed E-state index contributed by atoms with van der Waals surface area (Å²) in [7, 11) is -1.27. The lowest BCUT2D eigenvalue weighted by Gasteiger charge is -2.29. The summed E-state index contributed by atoms with van der Waals surface area (Å²) in [6.45, 7) is 2.87. The maximum Gasteiger partial charge on any atom is 0.243 e. The minimum atomic E-state index is -3.34. The monoisotopic (exact) mass is 310 g/mol. The van der Waals surface area contributed by atoms with Gasteiger partial charge in [-0.1, -0.05) is 11.6 Å². The van der Waals surface area contributed by atoms with Crippen LogP contribution in [0.1, 0.15) is 0 Å². The summed E-state index contributed by atoms with van der Waals surface area (Å²) < 4.78 is 26.1. The maximum atomic E-state index is 12.3. The molecule has 1 saturated heterocycles. The molecule has 102 valence electrons. The van der Waals surface area contributed by atoms with Gasteiger partial charge in [-0.25, -0.2) is 8.42 Å². The molecule has 0 saturated carbocycles. The number of rotatable bonds is 2. The molecule has 1 N–H and O–H groups in total. The number of nitrogens with zero attached hydrogens (tertiary/aromatic N) is 1. The van der Waals surface area contributed by atoms with E-state index in [4.69, 9.17) is 11.6 Å². The lowest BCUT2D eigenvalue weighted by molar-refractivity contribution is -0.883. The molecule has 0 atom stereocenters. The Bertz CT molecular complexity index is 482. The quantitative estimate of drug-likeness (QED) is 0.627. The fraction of sp³-hybridized carbons (Fsp3) is 0.455. The zero-order valence-electron chi connectivity index (χ0n) is 10.1. The third kappa shape index (κ3) is 3.36. The average Bonchev–Trinajstić information content (AvgIpc) is 2.30. The Kier molecular flexibility index (Phi) is 5.43. The van der Waals surface area contributed by atoms with Crippen LogP contribution >= 0.6 is 11.6 Å². The molecule has 0 aromatic heterocycles.